The first-order valence-electron chi connectivity index (χ1n) is 8.89. The Bertz CT molecular complexity index is 516. The van der Waals surface area contributed by atoms with E-state index >= 15 is 0 Å². The molecule has 0 amide bonds. The highest BCUT2D eigenvalue weighted by molar-refractivity contribution is 5.89. The number of carbonyl (C=O) groups is 2. The molecule has 1 N–H and O–H groups in total. The maximum atomic E-state index is 13.1. The summed E-state index contributed by atoms with van der Waals surface area (Å²) in [4.78, 5) is 25.0. The van der Waals surface area contributed by atoms with Crippen LogP contribution in [0.1, 0.15) is 45.4 Å². The lowest BCUT2D eigenvalue weighted by Crippen LogP contribution is -2.63. The Kier molecular flexibility index (Phi) is 6.40. The summed E-state index contributed by atoms with van der Waals surface area (Å²) in [5, 5.41) is 11.0. The molecule has 0 bridgehead atoms. The van der Waals surface area contributed by atoms with Gasteiger partial charge in [0.1, 0.15) is 12.6 Å². The second-order valence-electron chi connectivity index (χ2n) is 7.31. The Balaban J connectivity index is 2.50. The van der Waals surface area contributed by atoms with E-state index in [4.69, 9.17) is 14.2 Å². The van der Waals surface area contributed by atoms with E-state index in [9.17, 15) is 14.7 Å². The summed E-state index contributed by atoms with van der Waals surface area (Å²) < 4.78 is 15.8. The maximum absolute atomic E-state index is 13.1. The third-order valence-electron chi connectivity index (χ3n) is 6.43. The number of hydrogen-bond acceptors (Lipinski definition) is 6. The van der Waals surface area contributed by atoms with E-state index in [1.165, 1.54) is 7.11 Å². The van der Waals surface area contributed by atoms with Crippen molar-refractivity contribution in [3.63, 3.8) is 0 Å². The van der Waals surface area contributed by atoms with Crippen LogP contribution in [-0.4, -0.2) is 50.1 Å². The number of allylic oxidation sites excluding steroid dienone is 1. The lowest BCUT2D eigenvalue weighted by molar-refractivity contribution is -0.216. The van der Waals surface area contributed by atoms with Gasteiger partial charge in [0.25, 0.3) is 0 Å². The van der Waals surface area contributed by atoms with Gasteiger partial charge in [-0.25, -0.2) is 0 Å². The van der Waals surface area contributed by atoms with E-state index in [1.54, 1.807) is 13.2 Å². The van der Waals surface area contributed by atoms with Crippen LogP contribution >= 0.6 is 0 Å². The van der Waals surface area contributed by atoms with Crippen molar-refractivity contribution in [1.82, 2.24) is 0 Å². The highest BCUT2D eigenvalue weighted by atomic mass is 16.7. The van der Waals surface area contributed by atoms with Gasteiger partial charge in [-0.15, -0.1) is 6.58 Å². The Hall–Kier alpha value is -1.24. The van der Waals surface area contributed by atoms with Crippen LogP contribution < -0.4 is 0 Å². The van der Waals surface area contributed by atoms with Crippen LogP contribution in [-0.2, 0) is 23.8 Å². The minimum absolute atomic E-state index is 0.0829. The van der Waals surface area contributed by atoms with E-state index in [0.717, 1.165) is 6.42 Å². The van der Waals surface area contributed by atoms with Crippen LogP contribution in [0.5, 0.6) is 0 Å². The first-order valence-corrected chi connectivity index (χ1v) is 8.89. The predicted molar refractivity (Wildman–Crippen MR) is 91.7 cm³/mol. The highest BCUT2D eigenvalue weighted by Crippen LogP contribution is 2.62. The Morgan fingerprint density at radius 1 is 1.44 bits per heavy atom. The zero-order chi connectivity index (χ0) is 18.7. The molecule has 0 aromatic rings. The molecule has 2 rings (SSSR count). The SMILES string of the molecule is C=CC(CC(=O)OC)[C@]1(C)[C@H](O)CC[C@H](OCOC)[C@@]12CCCC2=O. The number of ether oxygens (including phenoxy) is 3. The van der Waals surface area contributed by atoms with Crippen LogP contribution in [0.15, 0.2) is 12.7 Å². The molecule has 25 heavy (non-hydrogen) atoms. The summed E-state index contributed by atoms with van der Waals surface area (Å²) in [6.45, 7) is 5.87. The van der Waals surface area contributed by atoms with Crippen molar-refractivity contribution in [2.45, 2.75) is 57.7 Å². The van der Waals surface area contributed by atoms with Gasteiger partial charge in [-0.3, -0.25) is 9.59 Å². The number of Topliss-reactive ketones (excluding diaryl/α,β-unsaturated/α-hetero) is 1. The number of rotatable bonds is 7. The molecule has 2 aliphatic rings. The molecule has 2 aliphatic carbocycles. The van der Waals surface area contributed by atoms with Gasteiger partial charge in [-0.05, 0) is 31.6 Å². The van der Waals surface area contributed by atoms with E-state index in [0.29, 0.717) is 25.7 Å². The van der Waals surface area contributed by atoms with Crippen molar-refractivity contribution in [3.8, 4) is 0 Å². The van der Waals surface area contributed by atoms with Crippen LogP contribution in [0.25, 0.3) is 0 Å². The van der Waals surface area contributed by atoms with E-state index in [-0.39, 0.29) is 37.0 Å². The molecule has 6 heteroatoms. The number of aliphatic hydroxyl groups excluding tert-OH is 1. The van der Waals surface area contributed by atoms with Gasteiger partial charge >= 0.3 is 5.97 Å². The predicted octanol–water partition coefficient (Wildman–Crippen LogP) is 2.24. The number of esters is 1. The zero-order valence-electron chi connectivity index (χ0n) is 15.5. The summed E-state index contributed by atoms with van der Waals surface area (Å²) in [5.74, 6) is -0.656. The molecule has 2 saturated carbocycles. The smallest absolute Gasteiger partial charge is 0.306 e. The topological polar surface area (TPSA) is 82.1 Å². The van der Waals surface area contributed by atoms with Crippen molar-refractivity contribution in [2.75, 3.05) is 21.0 Å². The highest BCUT2D eigenvalue weighted by Gasteiger charge is 2.66. The van der Waals surface area contributed by atoms with Crippen LogP contribution in [0, 0.1) is 16.7 Å². The molecule has 6 nitrogen and oxygen atoms in total. The van der Waals surface area contributed by atoms with E-state index < -0.39 is 16.9 Å². The van der Waals surface area contributed by atoms with Crippen LogP contribution in [0.3, 0.4) is 0 Å². The minimum Gasteiger partial charge on any atom is -0.469 e. The van der Waals surface area contributed by atoms with Crippen LogP contribution in [0.4, 0.5) is 0 Å². The average Bonchev–Trinajstić information content (AvgIpc) is 2.99. The second kappa shape index (κ2) is 7.98. The summed E-state index contributed by atoms with van der Waals surface area (Å²) in [7, 11) is 2.88. The molecule has 1 unspecified atom stereocenters. The number of aliphatic hydroxyl groups is 1. The van der Waals surface area contributed by atoms with Crippen molar-refractivity contribution >= 4 is 11.8 Å². The molecule has 0 aromatic heterocycles. The summed E-state index contributed by atoms with van der Waals surface area (Å²) >= 11 is 0. The van der Waals surface area contributed by atoms with Gasteiger partial charge in [0.15, 0.2) is 0 Å². The summed E-state index contributed by atoms with van der Waals surface area (Å²) in [6, 6.07) is 0. The first kappa shape index (κ1) is 20.1. The molecule has 0 aliphatic heterocycles. The molecule has 0 saturated heterocycles. The number of hydrogen-bond donors (Lipinski definition) is 1. The van der Waals surface area contributed by atoms with Gasteiger partial charge in [-0.2, -0.15) is 0 Å². The number of methoxy groups -OCH3 is 2. The van der Waals surface area contributed by atoms with Gasteiger partial charge in [0.2, 0.25) is 0 Å². The van der Waals surface area contributed by atoms with Gasteiger partial charge in [-0.1, -0.05) is 13.0 Å². The number of carbonyl (C=O) groups excluding carboxylic acids is 2. The van der Waals surface area contributed by atoms with Crippen molar-refractivity contribution < 1.29 is 28.9 Å². The van der Waals surface area contributed by atoms with Gasteiger partial charge in [0, 0.05) is 18.9 Å². The standard InChI is InChI=1S/C19H30O6/c1-5-13(11-17(22)24-4)18(2)14(20)8-9-16(25-12-23-3)19(18)10-6-7-15(19)21/h5,13-14,16,20H,1,6-12H2,2-4H3/t13?,14-,16+,18-,19+/m1/s1. The Morgan fingerprint density at radius 3 is 2.68 bits per heavy atom. The third-order valence-corrected chi connectivity index (χ3v) is 6.43. The van der Waals surface area contributed by atoms with E-state index in [2.05, 4.69) is 6.58 Å². The fourth-order valence-electron chi connectivity index (χ4n) is 5.06. The average molecular weight is 354 g/mol. The fraction of sp³-hybridized carbons (Fsp3) is 0.789. The number of ketones is 1. The lowest BCUT2D eigenvalue weighted by atomic mass is 9.48. The molecule has 1 spiro atoms. The van der Waals surface area contributed by atoms with Gasteiger partial charge < -0.3 is 19.3 Å². The minimum atomic E-state index is -0.840. The van der Waals surface area contributed by atoms with Gasteiger partial charge in [0.05, 0.1) is 31.2 Å². The largest absolute Gasteiger partial charge is 0.469 e. The quantitative estimate of drug-likeness (QED) is 0.429. The molecule has 2 fully saturated rings. The van der Waals surface area contributed by atoms with Crippen molar-refractivity contribution in [1.29, 1.82) is 0 Å². The third kappa shape index (κ3) is 3.15. The first-order chi connectivity index (χ1) is 11.9. The van der Waals surface area contributed by atoms with E-state index in [1.807, 2.05) is 6.92 Å². The molecule has 0 aromatic carbocycles. The summed E-state index contributed by atoms with van der Waals surface area (Å²) in [5.41, 5.74) is -1.68. The molecular weight excluding hydrogens is 324 g/mol. The monoisotopic (exact) mass is 354 g/mol. The molecule has 0 heterocycles. The Labute approximate surface area is 149 Å². The normalized spacial score (nSPS) is 36.4. The lowest BCUT2D eigenvalue weighted by Gasteiger charge is -2.58. The zero-order valence-corrected chi connectivity index (χ0v) is 15.5. The van der Waals surface area contributed by atoms with Crippen LogP contribution in [0.2, 0.25) is 0 Å². The molecule has 142 valence electrons. The maximum Gasteiger partial charge on any atom is 0.306 e. The van der Waals surface area contributed by atoms with Crippen molar-refractivity contribution in [3.05, 3.63) is 12.7 Å². The summed E-state index contributed by atoms with van der Waals surface area (Å²) in [6.07, 6.45) is 3.66. The molecular formula is C19H30O6. The second-order valence-corrected chi connectivity index (χ2v) is 7.31. The Morgan fingerprint density at radius 2 is 2.16 bits per heavy atom. The molecule has 0 radical (unpaired) electrons. The van der Waals surface area contributed by atoms with Crippen molar-refractivity contribution in [2.24, 2.45) is 16.7 Å². The molecule has 5 atom stereocenters. The fourth-order valence-corrected chi connectivity index (χ4v) is 5.06.